The Morgan fingerprint density at radius 2 is 1.11 bits per heavy atom. The minimum Gasteiger partial charge on any atom is -0.478 e. The van der Waals surface area contributed by atoms with Gasteiger partial charge in [0.25, 0.3) is 11.8 Å². The smallest absolute Gasteiger partial charge is 0.339 e. The number of para-hydroxylation sites is 4. The highest BCUT2D eigenvalue weighted by atomic mass is 79.9. The van der Waals surface area contributed by atoms with E-state index in [2.05, 4.69) is 36.5 Å². The van der Waals surface area contributed by atoms with Gasteiger partial charge >= 0.3 is 23.8 Å². The molecule has 0 aliphatic heterocycles. The molecule has 0 saturated heterocycles. The van der Waals surface area contributed by atoms with Crippen molar-refractivity contribution in [2.45, 2.75) is 0 Å². The average molecular weight is 918 g/mol. The standard InChI is InChI=1S/C25H16N2O5S.C19H10BrFN2O4S/c28-22(23-26-19-8-4-5-9-20(19)32-23)27-24-21(25(29)30)18(14-33-24)15-10-12-17(13-11-15)31-16-6-2-1-3-7-16;20-10-6-4-9(5-7-10)11-8-28-18(14(11)19(25)26)23-16(24)17-22-15-12(21)2-1-3-13(15)27-17/h1-14H,(H,27,28)(H,29,30);1-8H,(H,23,24)(H,25,26). The third-order valence-corrected chi connectivity index (χ3v) is 11.1. The van der Waals surface area contributed by atoms with Crippen molar-refractivity contribution in [3.05, 3.63) is 165 Å². The maximum atomic E-state index is 13.7. The zero-order valence-electron chi connectivity index (χ0n) is 30.9. The van der Waals surface area contributed by atoms with Crippen LogP contribution in [0.4, 0.5) is 14.4 Å². The first kappa shape index (κ1) is 40.3. The highest BCUT2D eigenvalue weighted by molar-refractivity contribution is 9.10. The molecule has 0 saturated carbocycles. The lowest BCUT2D eigenvalue weighted by Crippen LogP contribution is -2.13. The summed E-state index contributed by atoms with van der Waals surface area (Å²) in [6.45, 7) is 0. The number of hydrogen-bond donors (Lipinski definition) is 4. The Morgan fingerprint density at radius 3 is 1.69 bits per heavy atom. The van der Waals surface area contributed by atoms with Gasteiger partial charge in [-0.15, -0.1) is 22.7 Å². The normalized spacial score (nSPS) is 10.9. The number of thiophene rings is 2. The first-order chi connectivity index (χ1) is 29.5. The number of halogens is 2. The van der Waals surface area contributed by atoms with Crippen molar-refractivity contribution in [3.8, 4) is 33.8 Å². The number of carbonyl (C=O) groups is 4. The largest absolute Gasteiger partial charge is 0.478 e. The van der Waals surface area contributed by atoms with Gasteiger partial charge in [-0.25, -0.2) is 23.9 Å². The second kappa shape index (κ2) is 17.4. The summed E-state index contributed by atoms with van der Waals surface area (Å²) >= 11 is 5.53. The van der Waals surface area contributed by atoms with Crippen molar-refractivity contribution >= 4 is 94.6 Å². The summed E-state index contributed by atoms with van der Waals surface area (Å²) in [7, 11) is 0. The zero-order chi connectivity index (χ0) is 42.6. The quantitative estimate of drug-likeness (QED) is 0.102. The van der Waals surface area contributed by atoms with Gasteiger partial charge in [0.15, 0.2) is 17.0 Å². The number of carboxylic acids is 2. The van der Waals surface area contributed by atoms with E-state index in [9.17, 15) is 33.8 Å². The molecule has 0 aliphatic carbocycles. The molecule has 4 N–H and O–H groups in total. The predicted octanol–water partition coefficient (Wildman–Crippen LogP) is 11.7. The van der Waals surface area contributed by atoms with Crippen LogP contribution in [0, 0.1) is 5.82 Å². The molecule has 0 bridgehead atoms. The second-order valence-electron chi connectivity index (χ2n) is 12.8. The van der Waals surface area contributed by atoms with Gasteiger partial charge in [0.05, 0.1) is 0 Å². The van der Waals surface area contributed by atoms with E-state index >= 15 is 0 Å². The van der Waals surface area contributed by atoms with Crippen molar-refractivity contribution in [1.29, 1.82) is 0 Å². The van der Waals surface area contributed by atoms with Crippen LogP contribution in [0.2, 0.25) is 0 Å². The maximum Gasteiger partial charge on any atom is 0.339 e. The van der Waals surface area contributed by atoms with Gasteiger partial charge in [-0.2, -0.15) is 0 Å². The summed E-state index contributed by atoms with van der Waals surface area (Å²) in [5.41, 5.74) is 3.40. The number of anilines is 2. The van der Waals surface area contributed by atoms with Crippen LogP contribution in [0.1, 0.15) is 42.1 Å². The molecule has 0 radical (unpaired) electrons. The average Bonchev–Trinajstić information content (AvgIpc) is 4.07. The van der Waals surface area contributed by atoms with Crippen molar-refractivity contribution in [2.75, 3.05) is 10.6 Å². The Labute approximate surface area is 359 Å². The molecule has 9 rings (SSSR count). The molecule has 302 valence electrons. The van der Waals surface area contributed by atoms with Crippen LogP contribution in [-0.2, 0) is 0 Å². The minimum absolute atomic E-state index is 0.00110. The van der Waals surface area contributed by atoms with Crippen LogP contribution < -0.4 is 15.4 Å². The molecule has 0 aliphatic rings. The summed E-state index contributed by atoms with van der Waals surface area (Å²) in [4.78, 5) is 57.0. The molecular formula is C44H26BrFN4O9S2. The number of carboxylic acid groups (broad SMARTS) is 2. The number of ether oxygens (including phenoxy) is 1. The molecule has 17 heteroatoms. The van der Waals surface area contributed by atoms with Crippen LogP contribution in [0.15, 0.2) is 145 Å². The van der Waals surface area contributed by atoms with E-state index in [4.69, 9.17) is 13.6 Å². The van der Waals surface area contributed by atoms with Gasteiger partial charge in [0.1, 0.15) is 43.7 Å². The van der Waals surface area contributed by atoms with Crippen LogP contribution in [0.25, 0.3) is 44.5 Å². The predicted molar refractivity (Wildman–Crippen MR) is 232 cm³/mol. The van der Waals surface area contributed by atoms with Gasteiger partial charge in [-0.1, -0.05) is 76.6 Å². The highest BCUT2D eigenvalue weighted by Gasteiger charge is 2.25. The van der Waals surface area contributed by atoms with E-state index in [0.29, 0.717) is 44.9 Å². The van der Waals surface area contributed by atoms with Gasteiger partial charge in [-0.3, -0.25) is 9.59 Å². The van der Waals surface area contributed by atoms with Crippen molar-refractivity contribution in [2.24, 2.45) is 0 Å². The van der Waals surface area contributed by atoms with Crippen LogP contribution in [0.5, 0.6) is 11.5 Å². The number of aromatic carboxylic acids is 2. The Hall–Kier alpha value is -7.47. The van der Waals surface area contributed by atoms with E-state index in [0.717, 1.165) is 27.1 Å². The molecule has 61 heavy (non-hydrogen) atoms. The topological polar surface area (TPSA) is 194 Å². The third-order valence-electron chi connectivity index (χ3n) is 8.82. The summed E-state index contributed by atoms with van der Waals surface area (Å²) in [5, 5.41) is 28.3. The fraction of sp³-hybridized carbons (Fsp3) is 0. The van der Waals surface area contributed by atoms with Crippen molar-refractivity contribution < 1.29 is 47.4 Å². The number of nitrogens with zero attached hydrogens (tertiary/aromatic N) is 2. The summed E-state index contributed by atoms with van der Waals surface area (Å²) in [5.74, 6) is -3.48. The van der Waals surface area contributed by atoms with E-state index < -0.39 is 29.6 Å². The number of hydrogen-bond acceptors (Lipinski definition) is 11. The minimum atomic E-state index is -1.18. The van der Waals surface area contributed by atoms with Gasteiger partial charge in [-0.05, 0) is 71.8 Å². The van der Waals surface area contributed by atoms with Gasteiger partial charge < -0.3 is 34.4 Å². The van der Waals surface area contributed by atoms with Crippen LogP contribution in [-0.4, -0.2) is 43.9 Å². The number of rotatable bonds is 10. The van der Waals surface area contributed by atoms with Gasteiger partial charge in [0, 0.05) is 26.4 Å². The molecule has 2 amide bonds. The molecule has 0 unspecified atom stereocenters. The van der Waals surface area contributed by atoms with E-state index in [1.54, 1.807) is 83.6 Å². The number of amides is 2. The first-order valence-electron chi connectivity index (χ1n) is 17.8. The van der Waals surface area contributed by atoms with E-state index in [1.165, 1.54) is 18.2 Å². The molecule has 4 heterocycles. The van der Waals surface area contributed by atoms with E-state index in [1.807, 2.05) is 30.3 Å². The number of nitrogens with one attached hydrogen (secondary N) is 2. The molecule has 5 aromatic carbocycles. The summed E-state index contributed by atoms with van der Waals surface area (Å²) in [6, 6.07) is 34.7. The third kappa shape index (κ3) is 8.79. The number of aromatic nitrogens is 2. The lowest BCUT2D eigenvalue weighted by atomic mass is 10.0. The fourth-order valence-electron chi connectivity index (χ4n) is 6.00. The Kier molecular flexibility index (Phi) is 11.5. The first-order valence-corrected chi connectivity index (χ1v) is 20.4. The number of oxazole rings is 2. The zero-order valence-corrected chi connectivity index (χ0v) is 34.1. The molecular weight excluding hydrogens is 892 g/mol. The molecule has 0 atom stereocenters. The molecule has 9 aromatic rings. The lowest BCUT2D eigenvalue weighted by Gasteiger charge is -2.07. The number of fused-ring (bicyclic) bond motifs is 2. The second-order valence-corrected chi connectivity index (χ2v) is 15.4. The maximum absolute atomic E-state index is 13.7. The SMILES string of the molecule is O=C(Nc1scc(-c2ccc(Br)cc2)c1C(=O)O)c1nc2c(F)cccc2o1.O=C(Nc1scc(-c2ccc(Oc3ccccc3)cc2)c1C(=O)O)c1nc2ccccc2o1. The van der Waals surface area contributed by atoms with E-state index in [-0.39, 0.29) is 44.0 Å². The Morgan fingerprint density at radius 1 is 0.607 bits per heavy atom. The molecule has 0 spiro atoms. The summed E-state index contributed by atoms with van der Waals surface area (Å²) < 4.78 is 31.2. The fourth-order valence-corrected chi connectivity index (χ4v) is 8.18. The van der Waals surface area contributed by atoms with Gasteiger partial charge in [0.2, 0.25) is 0 Å². The van der Waals surface area contributed by atoms with Crippen molar-refractivity contribution in [1.82, 2.24) is 9.97 Å². The molecule has 0 fully saturated rings. The number of benzene rings is 5. The monoisotopic (exact) mass is 916 g/mol. The number of carbonyl (C=O) groups excluding carboxylic acids is 2. The Balaban J connectivity index is 0.000000171. The molecule has 4 aromatic heterocycles. The summed E-state index contributed by atoms with van der Waals surface area (Å²) in [6.07, 6.45) is 0. The van der Waals surface area contributed by atoms with Crippen LogP contribution >= 0.6 is 38.6 Å². The van der Waals surface area contributed by atoms with Crippen molar-refractivity contribution in [3.63, 3.8) is 0 Å². The highest BCUT2D eigenvalue weighted by Crippen LogP contribution is 2.38. The Bertz CT molecular complexity index is 3060. The van der Waals surface area contributed by atoms with Crippen LogP contribution in [0.3, 0.4) is 0 Å². The molecule has 13 nitrogen and oxygen atoms in total. The lowest BCUT2D eigenvalue weighted by molar-refractivity contribution is 0.0688.